The van der Waals surface area contributed by atoms with Gasteiger partial charge in [-0.2, -0.15) is 4.39 Å². The molecular formula is C22H20BrFN2O. The first-order valence-corrected chi connectivity index (χ1v) is 9.39. The standard InChI is InChI=1S/C22H20BrFN2O/c1-15-5-3-4-6-20(15)22(11-12-25-27,17-7-9-19(23)10-8-17)18-13-16(2)26-21(24)14-18/h3-10,12-14,27H,11H2,1-2H3. The van der Waals surface area contributed by atoms with Crippen LogP contribution in [-0.4, -0.2) is 16.4 Å². The van der Waals surface area contributed by atoms with E-state index in [1.54, 1.807) is 6.92 Å². The highest BCUT2D eigenvalue weighted by atomic mass is 79.9. The summed E-state index contributed by atoms with van der Waals surface area (Å²) in [7, 11) is 0. The molecule has 5 heteroatoms. The van der Waals surface area contributed by atoms with E-state index in [1.165, 1.54) is 12.3 Å². The molecule has 1 heterocycles. The molecule has 0 radical (unpaired) electrons. The first-order valence-electron chi connectivity index (χ1n) is 8.60. The number of nitrogens with zero attached hydrogens (tertiary/aromatic N) is 2. The Kier molecular flexibility index (Phi) is 5.71. The van der Waals surface area contributed by atoms with Crippen molar-refractivity contribution in [3.63, 3.8) is 0 Å². The molecule has 138 valence electrons. The molecule has 3 aromatic rings. The summed E-state index contributed by atoms with van der Waals surface area (Å²) < 4.78 is 15.2. The summed E-state index contributed by atoms with van der Waals surface area (Å²) in [6.45, 7) is 3.81. The normalized spacial score (nSPS) is 13.6. The maximum Gasteiger partial charge on any atom is 0.213 e. The minimum Gasteiger partial charge on any atom is -0.411 e. The number of rotatable bonds is 5. The third-order valence-electron chi connectivity index (χ3n) is 4.84. The van der Waals surface area contributed by atoms with Gasteiger partial charge in [0, 0.05) is 22.8 Å². The lowest BCUT2D eigenvalue weighted by Crippen LogP contribution is -2.31. The molecular weight excluding hydrogens is 407 g/mol. The number of oxime groups is 1. The number of aryl methyl sites for hydroxylation is 2. The van der Waals surface area contributed by atoms with E-state index in [2.05, 4.69) is 26.1 Å². The molecule has 1 atom stereocenters. The van der Waals surface area contributed by atoms with Gasteiger partial charge in [0.05, 0.1) is 5.41 Å². The van der Waals surface area contributed by atoms with Crippen LogP contribution in [-0.2, 0) is 5.41 Å². The Labute approximate surface area is 166 Å². The molecule has 0 aliphatic heterocycles. The van der Waals surface area contributed by atoms with E-state index in [4.69, 9.17) is 5.21 Å². The summed E-state index contributed by atoms with van der Waals surface area (Å²) in [6, 6.07) is 19.3. The van der Waals surface area contributed by atoms with Gasteiger partial charge in [0.2, 0.25) is 5.95 Å². The summed E-state index contributed by atoms with van der Waals surface area (Å²) in [5, 5.41) is 12.4. The van der Waals surface area contributed by atoms with Crippen molar-refractivity contribution in [2.45, 2.75) is 25.7 Å². The Bertz CT molecular complexity index is 952. The van der Waals surface area contributed by atoms with Gasteiger partial charge < -0.3 is 5.21 Å². The summed E-state index contributed by atoms with van der Waals surface area (Å²) in [6.07, 6.45) is 1.83. The van der Waals surface area contributed by atoms with Gasteiger partial charge in [0.25, 0.3) is 0 Å². The van der Waals surface area contributed by atoms with E-state index in [-0.39, 0.29) is 0 Å². The smallest absolute Gasteiger partial charge is 0.213 e. The second-order valence-electron chi connectivity index (χ2n) is 6.55. The van der Waals surface area contributed by atoms with Gasteiger partial charge in [-0.15, -0.1) is 5.16 Å². The van der Waals surface area contributed by atoms with Crippen molar-refractivity contribution in [3.8, 4) is 0 Å². The van der Waals surface area contributed by atoms with E-state index in [1.807, 2.05) is 61.5 Å². The van der Waals surface area contributed by atoms with Crippen LogP contribution in [0.4, 0.5) is 4.39 Å². The third-order valence-corrected chi connectivity index (χ3v) is 5.36. The zero-order chi connectivity index (χ0) is 19.4. The Morgan fingerprint density at radius 1 is 1.07 bits per heavy atom. The minimum atomic E-state index is -0.715. The van der Waals surface area contributed by atoms with Crippen molar-refractivity contribution in [1.82, 2.24) is 4.98 Å². The van der Waals surface area contributed by atoms with Crippen molar-refractivity contribution < 1.29 is 9.60 Å². The fourth-order valence-corrected chi connectivity index (χ4v) is 3.93. The predicted octanol–water partition coefficient (Wildman–Crippen LogP) is 5.78. The zero-order valence-electron chi connectivity index (χ0n) is 15.2. The lowest BCUT2D eigenvalue weighted by molar-refractivity contribution is 0.319. The average molecular weight is 427 g/mol. The fraction of sp³-hybridized carbons (Fsp3) is 0.182. The van der Waals surface area contributed by atoms with Crippen molar-refractivity contribution >= 4 is 22.1 Å². The van der Waals surface area contributed by atoms with Crippen molar-refractivity contribution in [2.75, 3.05) is 0 Å². The van der Waals surface area contributed by atoms with E-state index in [0.717, 1.165) is 26.7 Å². The third kappa shape index (κ3) is 3.78. The Morgan fingerprint density at radius 2 is 1.78 bits per heavy atom. The first-order chi connectivity index (χ1) is 13.0. The molecule has 3 rings (SSSR count). The molecule has 1 unspecified atom stereocenters. The summed E-state index contributed by atoms with van der Waals surface area (Å²) >= 11 is 3.48. The van der Waals surface area contributed by atoms with Crippen LogP contribution < -0.4 is 0 Å². The van der Waals surface area contributed by atoms with Crippen LogP contribution in [0.15, 0.2) is 70.3 Å². The van der Waals surface area contributed by atoms with Crippen LogP contribution in [0.3, 0.4) is 0 Å². The van der Waals surface area contributed by atoms with Gasteiger partial charge in [-0.1, -0.05) is 52.3 Å². The number of pyridine rings is 1. The van der Waals surface area contributed by atoms with E-state index < -0.39 is 11.4 Å². The number of benzene rings is 2. The van der Waals surface area contributed by atoms with Gasteiger partial charge >= 0.3 is 0 Å². The molecule has 3 nitrogen and oxygen atoms in total. The maximum atomic E-state index is 14.3. The van der Waals surface area contributed by atoms with E-state index >= 15 is 0 Å². The molecule has 0 bridgehead atoms. The largest absolute Gasteiger partial charge is 0.411 e. The molecule has 0 amide bonds. The van der Waals surface area contributed by atoms with E-state index in [9.17, 15) is 4.39 Å². The molecule has 2 aromatic carbocycles. The Morgan fingerprint density at radius 3 is 2.41 bits per heavy atom. The topological polar surface area (TPSA) is 45.5 Å². The molecule has 0 saturated heterocycles. The van der Waals surface area contributed by atoms with Crippen LogP contribution in [0.5, 0.6) is 0 Å². The van der Waals surface area contributed by atoms with Gasteiger partial charge in [0.1, 0.15) is 0 Å². The van der Waals surface area contributed by atoms with Gasteiger partial charge in [-0.3, -0.25) is 0 Å². The molecule has 0 aliphatic rings. The number of halogens is 2. The molecule has 0 saturated carbocycles. The minimum absolute atomic E-state index is 0.374. The molecule has 27 heavy (non-hydrogen) atoms. The second kappa shape index (κ2) is 8.01. The quantitative estimate of drug-likeness (QED) is 0.243. The number of aromatic nitrogens is 1. The number of hydrogen-bond acceptors (Lipinski definition) is 3. The van der Waals surface area contributed by atoms with Crippen LogP contribution >= 0.6 is 15.9 Å². The lowest BCUT2D eigenvalue weighted by atomic mass is 9.66. The van der Waals surface area contributed by atoms with Crippen LogP contribution in [0, 0.1) is 19.8 Å². The molecule has 0 fully saturated rings. The highest BCUT2D eigenvalue weighted by molar-refractivity contribution is 9.10. The zero-order valence-corrected chi connectivity index (χ0v) is 16.7. The highest BCUT2D eigenvalue weighted by Gasteiger charge is 2.37. The van der Waals surface area contributed by atoms with Crippen molar-refractivity contribution in [2.24, 2.45) is 5.16 Å². The SMILES string of the molecule is Cc1cc(C(CC=NO)(c2ccc(Br)cc2)c2ccccc2C)cc(F)n1. The molecule has 1 N–H and O–H groups in total. The number of hydrogen-bond donors (Lipinski definition) is 1. The van der Waals surface area contributed by atoms with Crippen LogP contribution in [0.1, 0.15) is 34.4 Å². The Balaban J connectivity index is 2.41. The van der Waals surface area contributed by atoms with Gasteiger partial charge in [-0.05, 0) is 60.4 Å². The monoisotopic (exact) mass is 426 g/mol. The van der Waals surface area contributed by atoms with Crippen LogP contribution in [0.25, 0.3) is 0 Å². The van der Waals surface area contributed by atoms with Gasteiger partial charge in [0.15, 0.2) is 0 Å². The lowest BCUT2D eigenvalue weighted by Gasteiger charge is -2.36. The molecule has 1 aromatic heterocycles. The van der Waals surface area contributed by atoms with Gasteiger partial charge in [-0.25, -0.2) is 4.98 Å². The van der Waals surface area contributed by atoms with E-state index in [0.29, 0.717) is 12.1 Å². The first kappa shape index (κ1) is 19.2. The Hall–Kier alpha value is -2.53. The average Bonchev–Trinajstić information content (AvgIpc) is 2.64. The fourth-order valence-electron chi connectivity index (χ4n) is 3.66. The predicted molar refractivity (Wildman–Crippen MR) is 109 cm³/mol. The molecule has 0 aliphatic carbocycles. The molecule has 0 spiro atoms. The summed E-state index contributed by atoms with van der Waals surface area (Å²) in [4.78, 5) is 3.89. The maximum absolute atomic E-state index is 14.3. The van der Waals surface area contributed by atoms with Crippen LogP contribution in [0.2, 0.25) is 0 Å². The highest BCUT2D eigenvalue weighted by Crippen LogP contribution is 2.43. The van der Waals surface area contributed by atoms with Crippen molar-refractivity contribution in [3.05, 3.63) is 99.0 Å². The van der Waals surface area contributed by atoms with Crippen molar-refractivity contribution in [1.29, 1.82) is 0 Å². The summed E-state index contributed by atoms with van der Waals surface area (Å²) in [5.41, 5.74) is 3.72. The summed E-state index contributed by atoms with van der Waals surface area (Å²) in [5.74, 6) is -0.527. The second-order valence-corrected chi connectivity index (χ2v) is 7.46.